The van der Waals surface area contributed by atoms with Crippen molar-refractivity contribution in [3.8, 4) is 0 Å². The fourth-order valence-corrected chi connectivity index (χ4v) is 8.62. The summed E-state index contributed by atoms with van der Waals surface area (Å²) in [5, 5.41) is 0. The van der Waals surface area contributed by atoms with Gasteiger partial charge in [-0.05, 0) is 96.6 Å². The molecule has 12 nitrogen and oxygen atoms in total. The summed E-state index contributed by atoms with van der Waals surface area (Å²) in [6, 6.07) is 0. The van der Waals surface area contributed by atoms with E-state index < -0.39 is 12.1 Å². The minimum absolute atomic E-state index is 0.0127. The highest BCUT2D eigenvalue weighted by Crippen LogP contribution is 2.20. The number of hydrogen-bond acceptors (Lipinski definition) is 12. The Balaban J connectivity index is 4.80. The van der Waals surface area contributed by atoms with Crippen molar-refractivity contribution in [2.24, 2.45) is 5.92 Å². The van der Waals surface area contributed by atoms with Gasteiger partial charge in [0.1, 0.15) is 32.0 Å². The second kappa shape index (κ2) is 51.0. The minimum Gasteiger partial charge on any atom is -0.465 e. The second-order valence-electron chi connectivity index (χ2n) is 19.9. The van der Waals surface area contributed by atoms with Gasteiger partial charge in [0.05, 0.1) is 12.5 Å². The Hall–Kier alpha value is -2.89. The zero-order valence-electron chi connectivity index (χ0n) is 46.3. The molecular weight excluding hydrogens is 887 g/mol. The maximum absolute atomic E-state index is 12.8. The standard InChI is InChI=1S/C58H109NO11/c1-7-13-17-21-23-31-40-52(38-29-19-15-9-3)69-56(62)44-35-27-25-33-42-54(60)66-48-51(50-68-58(64)65-47-37-46-59(11-5)12-6)49-67-55(61)43-34-26-28-36-45-57(63)70-53(39-30-20-16-10-4)41-32-24-22-18-14-8-2/h51-53H,7-50H2,1-6H3. The van der Waals surface area contributed by atoms with Crippen LogP contribution in [0.4, 0.5) is 4.79 Å². The number of hydrogen-bond donors (Lipinski definition) is 0. The molecular formula is C58H109NO11. The van der Waals surface area contributed by atoms with E-state index in [0.717, 1.165) is 110 Å². The van der Waals surface area contributed by atoms with Crippen LogP contribution < -0.4 is 0 Å². The van der Waals surface area contributed by atoms with Crippen LogP contribution in [0.1, 0.15) is 279 Å². The first-order chi connectivity index (χ1) is 34.1. The van der Waals surface area contributed by atoms with E-state index in [1.807, 2.05) is 0 Å². The maximum Gasteiger partial charge on any atom is 0.508 e. The van der Waals surface area contributed by atoms with E-state index in [-0.39, 0.29) is 75.4 Å². The van der Waals surface area contributed by atoms with Gasteiger partial charge in [-0.1, -0.05) is 170 Å². The van der Waals surface area contributed by atoms with Gasteiger partial charge in [0.15, 0.2) is 0 Å². The Morgan fingerprint density at radius 3 is 1.03 bits per heavy atom. The quantitative estimate of drug-likeness (QED) is 0.0325. The molecule has 2 atom stereocenters. The lowest BCUT2D eigenvalue weighted by atomic mass is 10.0. The Bertz CT molecular complexity index is 1150. The first-order valence-corrected chi connectivity index (χ1v) is 29.3. The van der Waals surface area contributed by atoms with Crippen molar-refractivity contribution >= 4 is 30.0 Å². The fourth-order valence-electron chi connectivity index (χ4n) is 8.62. The number of carbonyl (C=O) groups is 5. The van der Waals surface area contributed by atoms with Gasteiger partial charge in [-0.2, -0.15) is 0 Å². The van der Waals surface area contributed by atoms with Gasteiger partial charge in [0.25, 0.3) is 0 Å². The van der Waals surface area contributed by atoms with Crippen LogP contribution >= 0.6 is 0 Å². The van der Waals surface area contributed by atoms with Crippen molar-refractivity contribution < 1.29 is 52.4 Å². The fraction of sp³-hybridized carbons (Fsp3) is 0.914. The van der Waals surface area contributed by atoms with Crippen molar-refractivity contribution in [3.63, 3.8) is 0 Å². The molecule has 70 heavy (non-hydrogen) atoms. The summed E-state index contributed by atoms with van der Waals surface area (Å²) in [6.07, 6.45) is 34.9. The number of ether oxygens (including phenoxy) is 6. The molecule has 2 unspecified atom stereocenters. The molecule has 0 aromatic heterocycles. The lowest BCUT2D eigenvalue weighted by molar-refractivity contribution is -0.151. The molecule has 0 saturated carbocycles. The number of rotatable bonds is 52. The van der Waals surface area contributed by atoms with Gasteiger partial charge >= 0.3 is 30.0 Å². The van der Waals surface area contributed by atoms with Gasteiger partial charge in [-0.3, -0.25) is 19.2 Å². The molecule has 12 heteroatoms. The van der Waals surface area contributed by atoms with Gasteiger partial charge in [0, 0.05) is 32.2 Å². The van der Waals surface area contributed by atoms with E-state index in [0.29, 0.717) is 32.1 Å². The predicted molar refractivity (Wildman–Crippen MR) is 284 cm³/mol. The van der Waals surface area contributed by atoms with E-state index >= 15 is 0 Å². The van der Waals surface area contributed by atoms with Crippen molar-refractivity contribution in [1.29, 1.82) is 0 Å². The second-order valence-corrected chi connectivity index (χ2v) is 19.9. The molecule has 0 aromatic rings. The molecule has 0 fully saturated rings. The van der Waals surface area contributed by atoms with Crippen LogP contribution in [0.2, 0.25) is 0 Å². The van der Waals surface area contributed by atoms with Gasteiger partial charge < -0.3 is 33.3 Å². The summed E-state index contributed by atoms with van der Waals surface area (Å²) < 4.78 is 33.7. The minimum atomic E-state index is -0.810. The Labute approximate surface area is 429 Å². The lowest BCUT2D eigenvalue weighted by Gasteiger charge is -2.18. The molecule has 0 heterocycles. The Morgan fingerprint density at radius 2 is 0.657 bits per heavy atom. The molecule has 0 aromatic carbocycles. The first kappa shape index (κ1) is 67.1. The smallest absolute Gasteiger partial charge is 0.465 e. The number of esters is 4. The Kier molecular flexibility index (Phi) is 48.9. The van der Waals surface area contributed by atoms with Crippen LogP contribution in [0, 0.1) is 5.92 Å². The molecule has 0 aliphatic rings. The van der Waals surface area contributed by atoms with Crippen LogP contribution in [-0.4, -0.2) is 93.2 Å². The van der Waals surface area contributed by atoms with E-state index in [9.17, 15) is 24.0 Å². The molecule has 0 rings (SSSR count). The summed E-state index contributed by atoms with van der Waals surface area (Å²) in [6.45, 7) is 15.7. The molecule has 0 bridgehead atoms. The summed E-state index contributed by atoms with van der Waals surface area (Å²) in [5.41, 5.74) is 0. The van der Waals surface area contributed by atoms with E-state index in [1.165, 1.54) is 103 Å². The maximum atomic E-state index is 12.8. The first-order valence-electron chi connectivity index (χ1n) is 29.3. The SMILES string of the molecule is CCCCCCCCC(CCCCCC)OC(=O)CCCCCCC(=O)OCC(COC(=O)CCCCCCC(=O)OC(CCCCCC)CCCCCCCC)COC(=O)OCCCN(CC)CC. The highest BCUT2D eigenvalue weighted by atomic mass is 16.7. The molecule has 0 saturated heterocycles. The highest BCUT2D eigenvalue weighted by Gasteiger charge is 2.20. The molecule has 412 valence electrons. The van der Waals surface area contributed by atoms with Crippen molar-refractivity contribution in [2.45, 2.75) is 291 Å². The average molecular weight is 997 g/mol. The third-order valence-electron chi connectivity index (χ3n) is 13.3. The molecule has 0 aliphatic heterocycles. The zero-order chi connectivity index (χ0) is 51.6. The average Bonchev–Trinajstić information content (AvgIpc) is 3.35. The number of carbonyl (C=O) groups excluding carboxylic acids is 5. The van der Waals surface area contributed by atoms with Crippen molar-refractivity contribution in [2.75, 3.05) is 46.1 Å². The van der Waals surface area contributed by atoms with Crippen LogP contribution in [-0.2, 0) is 47.6 Å². The third-order valence-corrected chi connectivity index (χ3v) is 13.3. The summed E-state index contributed by atoms with van der Waals surface area (Å²) in [4.78, 5) is 65.7. The zero-order valence-corrected chi connectivity index (χ0v) is 46.3. The lowest BCUT2D eigenvalue weighted by Crippen LogP contribution is -2.27. The summed E-state index contributed by atoms with van der Waals surface area (Å²) >= 11 is 0. The monoisotopic (exact) mass is 996 g/mol. The van der Waals surface area contributed by atoms with E-state index in [4.69, 9.17) is 28.4 Å². The van der Waals surface area contributed by atoms with E-state index in [2.05, 4.69) is 46.4 Å². The summed E-state index contributed by atoms with van der Waals surface area (Å²) in [5.74, 6) is -1.54. The van der Waals surface area contributed by atoms with Crippen LogP contribution in [0.15, 0.2) is 0 Å². The van der Waals surface area contributed by atoms with Crippen molar-refractivity contribution in [1.82, 2.24) is 4.90 Å². The van der Waals surface area contributed by atoms with Gasteiger partial charge in [-0.25, -0.2) is 4.79 Å². The topological polar surface area (TPSA) is 144 Å². The molecule has 0 spiro atoms. The summed E-state index contributed by atoms with van der Waals surface area (Å²) in [7, 11) is 0. The van der Waals surface area contributed by atoms with Crippen LogP contribution in [0.5, 0.6) is 0 Å². The third kappa shape index (κ3) is 45.0. The number of unbranched alkanes of at least 4 members (excludes halogenated alkanes) is 22. The van der Waals surface area contributed by atoms with Crippen LogP contribution in [0.3, 0.4) is 0 Å². The highest BCUT2D eigenvalue weighted by molar-refractivity contribution is 5.70. The van der Waals surface area contributed by atoms with Gasteiger partial charge in [0.2, 0.25) is 0 Å². The largest absolute Gasteiger partial charge is 0.508 e. The molecule has 0 radical (unpaired) electrons. The molecule has 0 aliphatic carbocycles. The number of nitrogens with zero attached hydrogens (tertiary/aromatic N) is 1. The predicted octanol–water partition coefficient (Wildman–Crippen LogP) is 15.5. The van der Waals surface area contributed by atoms with E-state index in [1.54, 1.807) is 0 Å². The Morgan fingerprint density at radius 1 is 0.343 bits per heavy atom. The normalized spacial score (nSPS) is 12.6. The molecule has 0 N–H and O–H groups in total. The molecule has 0 amide bonds. The van der Waals surface area contributed by atoms with Crippen molar-refractivity contribution in [3.05, 3.63) is 0 Å². The van der Waals surface area contributed by atoms with Crippen LogP contribution in [0.25, 0.3) is 0 Å². The van der Waals surface area contributed by atoms with Gasteiger partial charge in [-0.15, -0.1) is 0 Å².